The van der Waals surface area contributed by atoms with Crippen LogP contribution >= 0.6 is 0 Å². The maximum absolute atomic E-state index is 6.11. The Balaban J connectivity index is 0.00000180. The third-order valence-corrected chi connectivity index (χ3v) is 3.90. The van der Waals surface area contributed by atoms with Crippen molar-refractivity contribution in [3.63, 3.8) is 0 Å². The molecule has 1 aliphatic carbocycles. The normalized spacial score (nSPS) is 14.8. The number of ether oxygens (including phenoxy) is 1. The van der Waals surface area contributed by atoms with E-state index < -0.39 is 0 Å². The Morgan fingerprint density at radius 3 is 2.45 bits per heavy atom. The van der Waals surface area contributed by atoms with Crippen LogP contribution < -0.4 is 24.8 Å². The molecule has 0 saturated heterocycles. The van der Waals surface area contributed by atoms with E-state index in [1.54, 1.807) is 0 Å². The molecule has 1 aromatic carbocycles. The standard InChI is InChI=1S/C16H19O.2ClH.Ti/c1-2-3-13-17-16(15-11-7-8-12-15)14-9-5-4-6-10-14;;;/h4-7,9-11,16H,2-3,8,13H2,1H3;2*1H;/q;;;+2/p-2. The number of halogens is 2. The zero-order chi connectivity index (χ0) is 12.8. The molecule has 0 aliphatic heterocycles. The van der Waals surface area contributed by atoms with E-state index in [2.05, 4.69) is 69.8 Å². The quantitative estimate of drug-likeness (QED) is 0.442. The van der Waals surface area contributed by atoms with Gasteiger partial charge in [0.05, 0.1) is 0 Å². The summed E-state index contributed by atoms with van der Waals surface area (Å²) < 4.78 is 7.54. The summed E-state index contributed by atoms with van der Waals surface area (Å²) in [6.45, 7) is 3.03. The van der Waals surface area contributed by atoms with Gasteiger partial charge >= 0.3 is 122 Å². The van der Waals surface area contributed by atoms with E-state index in [0.29, 0.717) is 0 Å². The van der Waals surface area contributed by atoms with Crippen molar-refractivity contribution in [2.24, 2.45) is 0 Å². The van der Waals surface area contributed by atoms with Crippen LogP contribution in [0.1, 0.15) is 37.9 Å². The molecule has 2 rings (SSSR count). The number of rotatable bonds is 6. The summed E-state index contributed by atoms with van der Waals surface area (Å²) in [4.78, 5) is 0. The third-order valence-electron chi connectivity index (χ3n) is 3.14. The van der Waals surface area contributed by atoms with Gasteiger partial charge in [-0.15, -0.1) is 0 Å². The molecule has 20 heavy (non-hydrogen) atoms. The van der Waals surface area contributed by atoms with Gasteiger partial charge in [0.25, 0.3) is 0 Å². The SMILES string of the molecule is CCCCOC(C1=[C]([Ti+2])CC=C1)c1ccccc1.[Cl-].[Cl-]. The molecule has 0 bridgehead atoms. The Kier molecular flexibility index (Phi) is 10.6. The van der Waals surface area contributed by atoms with E-state index >= 15 is 0 Å². The van der Waals surface area contributed by atoms with Crippen molar-refractivity contribution in [2.45, 2.75) is 32.3 Å². The Labute approximate surface area is 146 Å². The van der Waals surface area contributed by atoms with Crippen molar-refractivity contribution in [1.82, 2.24) is 0 Å². The van der Waals surface area contributed by atoms with Gasteiger partial charge in [0.2, 0.25) is 0 Å². The summed E-state index contributed by atoms with van der Waals surface area (Å²) in [5, 5.41) is 0. The summed E-state index contributed by atoms with van der Waals surface area (Å²) in [6, 6.07) is 10.5. The number of allylic oxidation sites excluding steroid dienone is 2. The van der Waals surface area contributed by atoms with Crippen LogP contribution in [0.3, 0.4) is 0 Å². The molecule has 1 nitrogen and oxygen atoms in total. The summed E-state index contributed by atoms with van der Waals surface area (Å²) in [5.74, 6) is 0. The molecule has 0 fully saturated rings. The maximum Gasteiger partial charge on any atom is -1.00 e. The average molecular weight is 346 g/mol. The minimum absolute atomic E-state index is 0. The van der Waals surface area contributed by atoms with Crippen LogP contribution in [0.25, 0.3) is 0 Å². The molecular weight excluding hydrogens is 327 g/mol. The van der Waals surface area contributed by atoms with Crippen molar-refractivity contribution >= 4 is 0 Å². The van der Waals surface area contributed by atoms with Crippen LogP contribution in [-0.4, -0.2) is 6.61 Å². The fourth-order valence-electron chi connectivity index (χ4n) is 2.11. The van der Waals surface area contributed by atoms with E-state index in [1.165, 1.54) is 21.4 Å². The van der Waals surface area contributed by atoms with E-state index in [1.807, 2.05) is 0 Å². The Morgan fingerprint density at radius 1 is 1.20 bits per heavy atom. The first kappa shape index (κ1) is 20.0. The summed E-state index contributed by atoms with van der Waals surface area (Å²) in [5.41, 5.74) is 2.60. The smallest absolute Gasteiger partial charge is 1.00 e. The van der Waals surface area contributed by atoms with Crippen LogP contribution in [0.5, 0.6) is 0 Å². The monoisotopic (exact) mass is 345 g/mol. The van der Waals surface area contributed by atoms with Gasteiger partial charge in [-0.05, 0) is 0 Å². The van der Waals surface area contributed by atoms with Crippen molar-refractivity contribution in [2.75, 3.05) is 6.61 Å². The number of benzene rings is 1. The maximum atomic E-state index is 6.11. The molecule has 0 aromatic heterocycles. The second kappa shape index (κ2) is 10.6. The van der Waals surface area contributed by atoms with Gasteiger partial charge in [0, 0.05) is 0 Å². The molecule has 0 spiro atoms. The molecule has 0 heterocycles. The van der Waals surface area contributed by atoms with Crippen molar-refractivity contribution in [3.05, 3.63) is 57.5 Å². The molecule has 0 radical (unpaired) electrons. The molecule has 0 N–H and O–H groups in total. The molecule has 1 unspecified atom stereocenters. The molecule has 1 aromatic rings. The average Bonchev–Trinajstić information content (AvgIpc) is 2.82. The largest absolute Gasteiger partial charge is 1.00 e. The van der Waals surface area contributed by atoms with E-state index in [-0.39, 0.29) is 30.9 Å². The summed E-state index contributed by atoms with van der Waals surface area (Å²) in [6.07, 6.45) is 7.92. The van der Waals surface area contributed by atoms with E-state index in [4.69, 9.17) is 4.74 Å². The predicted molar refractivity (Wildman–Crippen MR) is 70.8 cm³/mol. The summed E-state index contributed by atoms with van der Waals surface area (Å²) in [7, 11) is 0. The minimum atomic E-state index is 0. The topological polar surface area (TPSA) is 9.23 Å². The Bertz CT molecular complexity index is 443. The first-order valence-corrected chi connectivity index (χ1v) is 7.38. The molecular formula is C16H19Cl2OTi. The van der Waals surface area contributed by atoms with Gasteiger partial charge in [-0.2, -0.15) is 0 Å². The number of unbranched alkanes of at least 4 members (excludes halogenated alkanes) is 1. The zero-order valence-electron chi connectivity index (χ0n) is 11.6. The third kappa shape index (κ3) is 5.39. The van der Waals surface area contributed by atoms with Gasteiger partial charge in [0.15, 0.2) is 0 Å². The van der Waals surface area contributed by atoms with Crippen molar-refractivity contribution < 1.29 is 50.0 Å². The zero-order valence-corrected chi connectivity index (χ0v) is 14.7. The van der Waals surface area contributed by atoms with Crippen molar-refractivity contribution in [1.29, 1.82) is 0 Å². The van der Waals surface area contributed by atoms with Crippen LogP contribution in [0.4, 0.5) is 0 Å². The fraction of sp³-hybridized carbons (Fsp3) is 0.375. The minimum Gasteiger partial charge on any atom is -1.00 e. The second-order valence-corrected chi connectivity index (χ2v) is 5.50. The molecule has 4 heteroatoms. The molecule has 0 saturated carbocycles. The Morgan fingerprint density at radius 2 is 1.90 bits per heavy atom. The van der Waals surface area contributed by atoms with Crippen LogP contribution in [-0.2, 0) is 25.2 Å². The van der Waals surface area contributed by atoms with E-state index in [0.717, 1.165) is 19.4 Å². The molecule has 107 valence electrons. The van der Waals surface area contributed by atoms with Gasteiger partial charge in [-0.25, -0.2) is 0 Å². The van der Waals surface area contributed by atoms with Gasteiger partial charge in [-0.1, -0.05) is 0 Å². The first-order chi connectivity index (χ1) is 8.83. The molecule has 0 amide bonds. The van der Waals surface area contributed by atoms with Crippen LogP contribution in [0.2, 0.25) is 0 Å². The Hall–Kier alpha value is -0.0457. The second-order valence-electron chi connectivity index (χ2n) is 4.56. The molecule has 1 aliphatic rings. The van der Waals surface area contributed by atoms with Crippen LogP contribution in [0.15, 0.2) is 51.9 Å². The number of hydrogen-bond donors (Lipinski definition) is 0. The summed E-state index contributed by atoms with van der Waals surface area (Å²) >= 11 is 2.20. The van der Waals surface area contributed by atoms with E-state index in [9.17, 15) is 0 Å². The first-order valence-electron chi connectivity index (χ1n) is 6.60. The predicted octanol–water partition coefficient (Wildman–Crippen LogP) is -1.69. The van der Waals surface area contributed by atoms with Crippen molar-refractivity contribution in [3.8, 4) is 0 Å². The van der Waals surface area contributed by atoms with Gasteiger partial charge in [-0.3, -0.25) is 0 Å². The molecule has 1 atom stereocenters. The van der Waals surface area contributed by atoms with Crippen LogP contribution in [0, 0.1) is 0 Å². The van der Waals surface area contributed by atoms with Gasteiger partial charge < -0.3 is 24.8 Å². The van der Waals surface area contributed by atoms with Gasteiger partial charge in [0.1, 0.15) is 0 Å². The fourth-order valence-corrected chi connectivity index (χ4v) is 2.63. The number of hydrogen-bond acceptors (Lipinski definition) is 1.